The van der Waals surface area contributed by atoms with Crippen molar-refractivity contribution in [2.24, 2.45) is 29.6 Å². The van der Waals surface area contributed by atoms with E-state index in [1.165, 1.54) is 24.8 Å². The number of rotatable bonds is 5. The number of phenolic OH excluding ortho intramolecular Hbond substituents is 1. The third kappa shape index (κ3) is 4.29. The fourth-order valence-electron chi connectivity index (χ4n) is 7.89. The normalized spacial score (nSPS) is 27.2. The Morgan fingerprint density at radius 2 is 1.16 bits per heavy atom. The van der Waals surface area contributed by atoms with Gasteiger partial charge in [0.05, 0.1) is 35.0 Å². The van der Waals surface area contributed by atoms with Crippen LogP contribution in [0.5, 0.6) is 5.75 Å². The van der Waals surface area contributed by atoms with E-state index in [9.17, 15) is 33.9 Å². The van der Waals surface area contributed by atoms with Gasteiger partial charge in [-0.1, -0.05) is 29.8 Å². The molecule has 9 heteroatoms. The number of carbonyl (C=O) groups excluding carboxylic acids is 6. The second-order valence-corrected chi connectivity index (χ2v) is 12.3. The number of hydrogen-bond donors (Lipinski definition) is 1. The maximum absolute atomic E-state index is 14.2. The van der Waals surface area contributed by atoms with Crippen LogP contribution in [0.3, 0.4) is 0 Å². The second-order valence-electron chi connectivity index (χ2n) is 12.3. The van der Waals surface area contributed by atoms with Gasteiger partial charge >= 0.3 is 0 Å². The molecular weight excluding hydrogens is 572 g/mol. The quantitative estimate of drug-likeness (QED) is 0.251. The third-order valence-electron chi connectivity index (χ3n) is 9.98. The number of imide groups is 2. The number of carbonyl (C=O) groups is 6. The molecule has 3 fully saturated rings. The molecule has 2 heterocycles. The van der Waals surface area contributed by atoms with Gasteiger partial charge < -0.3 is 5.11 Å². The third-order valence-corrected chi connectivity index (χ3v) is 9.98. The lowest BCUT2D eigenvalue weighted by Crippen LogP contribution is -2.43. The van der Waals surface area contributed by atoms with Crippen LogP contribution in [-0.2, 0) is 19.2 Å². The monoisotopic (exact) mass is 602 g/mol. The first-order chi connectivity index (χ1) is 21.6. The summed E-state index contributed by atoms with van der Waals surface area (Å²) in [5.74, 6) is -5.99. The summed E-state index contributed by atoms with van der Waals surface area (Å²) in [5, 5.41) is 11.0. The minimum absolute atomic E-state index is 0.0181. The molecule has 0 aromatic heterocycles. The number of phenols is 1. The van der Waals surface area contributed by atoms with Crippen molar-refractivity contribution in [1.82, 2.24) is 0 Å². The van der Waals surface area contributed by atoms with Crippen LogP contribution >= 0.6 is 0 Å². The lowest BCUT2D eigenvalue weighted by molar-refractivity contribution is -0.126. The van der Waals surface area contributed by atoms with Crippen molar-refractivity contribution in [2.45, 2.75) is 32.6 Å². The molecule has 9 nitrogen and oxygen atoms in total. The molecule has 4 aliphatic rings. The Bertz CT molecular complexity index is 1840. The van der Waals surface area contributed by atoms with Crippen LogP contribution in [-0.4, -0.2) is 40.3 Å². The molecule has 45 heavy (non-hydrogen) atoms. The molecule has 1 N–H and O–H groups in total. The molecule has 2 aliphatic carbocycles. The van der Waals surface area contributed by atoms with Crippen molar-refractivity contribution in [2.75, 3.05) is 9.80 Å². The summed E-state index contributed by atoms with van der Waals surface area (Å²) in [7, 11) is 0. The lowest BCUT2D eigenvalue weighted by Gasteiger charge is -2.44. The van der Waals surface area contributed by atoms with Crippen molar-refractivity contribution in [1.29, 1.82) is 0 Å². The molecule has 7 rings (SSSR count). The summed E-state index contributed by atoms with van der Waals surface area (Å²) in [6.45, 7) is 2.88. The number of fused-ring (bicyclic) bond motifs is 4. The van der Waals surface area contributed by atoms with Gasteiger partial charge in [0, 0.05) is 22.6 Å². The van der Waals surface area contributed by atoms with E-state index in [4.69, 9.17) is 0 Å². The highest BCUT2D eigenvalue weighted by Crippen LogP contribution is 2.59. The minimum Gasteiger partial charge on any atom is -0.508 e. The maximum atomic E-state index is 14.2. The second kappa shape index (κ2) is 10.5. The van der Waals surface area contributed by atoms with Gasteiger partial charge in [0.2, 0.25) is 23.6 Å². The van der Waals surface area contributed by atoms with Crippen LogP contribution in [0.2, 0.25) is 0 Å². The average Bonchev–Trinajstić information content (AvgIpc) is 3.44. The zero-order valence-corrected chi connectivity index (χ0v) is 24.7. The predicted octanol–water partition coefficient (Wildman–Crippen LogP) is 4.84. The van der Waals surface area contributed by atoms with Gasteiger partial charge in [0.15, 0.2) is 11.6 Å². The van der Waals surface area contributed by atoms with Gasteiger partial charge in [0.1, 0.15) is 5.75 Å². The summed E-state index contributed by atoms with van der Waals surface area (Å²) < 4.78 is 0. The number of anilines is 2. The van der Waals surface area contributed by atoms with E-state index in [1.54, 1.807) is 66.7 Å². The van der Waals surface area contributed by atoms with Gasteiger partial charge in [0.25, 0.3) is 0 Å². The van der Waals surface area contributed by atoms with E-state index in [0.29, 0.717) is 28.1 Å². The zero-order valence-electron chi connectivity index (χ0n) is 24.7. The first-order valence-electron chi connectivity index (χ1n) is 15.0. The molecule has 2 aliphatic heterocycles. The number of Topliss-reactive ketones (excluding diaryl/α,β-unsaturated/α-hetero) is 2. The van der Waals surface area contributed by atoms with E-state index in [-0.39, 0.29) is 42.0 Å². The molecule has 0 radical (unpaired) electrons. The van der Waals surface area contributed by atoms with Crippen LogP contribution in [0.15, 0.2) is 84.4 Å². The Labute approximate surface area is 259 Å². The molecule has 3 aromatic rings. The fraction of sp³-hybridized carbons (Fsp3) is 0.278. The van der Waals surface area contributed by atoms with Crippen LogP contribution in [0.4, 0.5) is 11.4 Å². The summed E-state index contributed by atoms with van der Waals surface area (Å²) in [6.07, 6.45) is 2.40. The molecule has 0 spiro atoms. The van der Waals surface area contributed by atoms with Crippen molar-refractivity contribution < 1.29 is 33.9 Å². The maximum Gasteiger partial charge on any atom is 0.238 e. The van der Waals surface area contributed by atoms with Crippen LogP contribution in [0, 0.1) is 29.6 Å². The standard InChI is InChI=1S/C36H30N2O7/c1-18(39)20-7-11-22(12-8-20)37-33(42)26-16-15-24-27(31(26)35(37)44)17-28-32(30(24)25-5-3-4-6-29(25)41)36(45)38(34(28)43)23-13-9-21(10-14-23)19(2)40/h3-15,26-28,30-32,41H,16-17H2,1-2H3. The predicted molar refractivity (Wildman–Crippen MR) is 163 cm³/mol. The Balaban J connectivity index is 1.30. The highest BCUT2D eigenvalue weighted by atomic mass is 16.3. The zero-order chi connectivity index (χ0) is 31.7. The van der Waals surface area contributed by atoms with E-state index in [1.807, 2.05) is 6.08 Å². The summed E-state index contributed by atoms with van der Waals surface area (Å²) in [5.41, 5.74) is 2.92. The first-order valence-corrected chi connectivity index (χ1v) is 15.0. The highest BCUT2D eigenvalue weighted by Gasteiger charge is 2.62. The van der Waals surface area contributed by atoms with E-state index >= 15 is 0 Å². The smallest absolute Gasteiger partial charge is 0.238 e. The number of nitrogens with zero attached hydrogens (tertiary/aromatic N) is 2. The molecule has 1 saturated carbocycles. The number of ketones is 2. The molecule has 4 amide bonds. The average molecular weight is 603 g/mol. The topological polar surface area (TPSA) is 129 Å². The van der Waals surface area contributed by atoms with Crippen molar-refractivity contribution >= 4 is 46.6 Å². The van der Waals surface area contributed by atoms with Crippen LogP contribution < -0.4 is 9.80 Å². The van der Waals surface area contributed by atoms with E-state index in [0.717, 1.165) is 10.5 Å². The van der Waals surface area contributed by atoms with Crippen molar-refractivity contribution in [3.05, 3.63) is 101 Å². The van der Waals surface area contributed by atoms with Gasteiger partial charge in [-0.05, 0) is 87.2 Å². The lowest BCUT2D eigenvalue weighted by atomic mass is 9.57. The number of hydrogen-bond acceptors (Lipinski definition) is 7. The number of allylic oxidation sites excluding steroid dienone is 2. The molecule has 3 aromatic carbocycles. The van der Waals surface area contributed by atoms with E-state index < -0.39 is 47.3 Å². The minimum atomic E-state index is -0.820. The number of benzene rings is 3. The molecule has 0 bridgehead atoms. The van der Waals surface area contributed by atoms with Gasteiger partial charge in [-0.2, -0.15) is 0 Å². The number of aromatic hydroxyl groups is 1. The van der Waals surface area contributed by atoms with Gasteiger partial charge in [-0.25, -0.2) is 0 Å². The van der Waals surface area contributed by atoms with Crippen LogP contribution in [0.25, 0.3) is 0 Å². The van der Waals surface area contributed by atoms with E-state index in [2.05, 4.69) is 0 Å². The Kier molecular flexibility index (Phi) is 6.65. The molecule has 6 atom stereocenters. The Morgan fingerprint density at radius 1 is 0.644 bits per heavy atom. The number of amides is 4. The summed E-state index contributed by atoms with van der Waals surface area (Å²) >= 11 is 0. The Hall–Kier alpha value is -5.18. The molecule has 2 saturated heterocycles. The molecule has 6 unspecified atom stereocenters. The SMILES string of the molecule is CC(=O)c1ccc(N2C(=O)C3CC=C4C(CC5C(=O)N(c6ccc(C(C)=O)cc6)C(=O)C5C4c4ccccc4O)C3C2=O)cc1. The molecular formula is C36H30N2O7. The van der Waals surface area contributed by atoms with Crippen molar-refractivity contribution in [3.8, 4) is 5.75 Å². The largest absolute Gasteiger partial charge is 0.508 e. The fourth-order valence-corrected chi connectivity index (χ4v) is 7.89. The van der Waals surface area contributed by atoms with Crippen molar-refractivity contribution in [3.63, 3.8) is 0 Å². The Morgan fingerprint density at radius 3 is 1.69 bits per heavy atom. The molecule has 226 valence electrons. The summed E-state index contributed by atoms with van der Waals surface area (Å²) in [6, 6.07) is 19.4. The first kappa shape index (κ1) is 28.6. The number of para-hydroxylation sites is 1. The summed E-state index contributed by atoms with van der Waals surface area (Å²) in [4.78, 5) is 82.1. The van der Waals surface area contributed by atoms with Crippen LogP contribution in [0.1, 0.15) is 58.9 Å². The van der Waals surface area contributed by atoms with Gasteiger partial charge in [-0.15, -0.1) is 0 Å². The van der Waals surface area contributed by atoms with Gasteiger partial charge in [-0.3, -0.25) is 38.6 Å². The highest BCUT2D eigenvalue weighted by molar-refractivity contribution is 6.24.